The summed E-state index contributed by atoms with van der Waals surface area (Å²) >= 11 is 0. The summed E-state index contributed by atoms with van der Waals surface area (Å²) in [4.78, 5) is 3.95. The fourth-order valence-corrected chi connectivity index (χ4v) is 0.826. The third-order valence-electron chi connectivity index (χ3n) is 1.44. The largest absolute Gasteiger partial charge is 0.370 e. The van der Waals surface area contributed by atoms with Crippen LogP contribution in [0.5, 0.6) is 0 Å². The fourth-order valence-electron chi connectivity index (χ4n) is 0.826. The second kappa shape index (κ2) is 2.23. The highest BCUT2D eigenvalue weighted by Gasteiger charge is 2.35. The maximum atomic E-state index is 5.15. The number of nitrogens with one attached hydrogen (secondary N) is 1. The van der Waals surface area contributed by atoms with E-state index < -0.39 is 0 Å². The summed E-state index contributed by atoms with van der Waals surface area (Å²) in [6.45, 7) is 0. The van der Waals surface area contributed by atoms with Crippen LogP contribution in [0.3, 0.4) is 0 Å². The Balaban J connectivity index is 2.27. The van der Waals surface area contributed by atoms with Crippen molar-refractivity contribution < 1.29 is 0 Å². The highest BCUT2D eigenvalue weighted by Crippen LogP contribution is 2.23. The highest BCUT2D eigenvalue weighted by molar-refractivity contribution is 5.76. The maximum absolute atomic E-state index is 5.15. The van der Waals surface area contributed by atoms with Gasteiger partial charge in [-0.15, -0.1) is 0 Å². The third-order valence-corrected chi connectivity index (χ3v) is 1.44. The third kappa shape index (κ3) is 1.57. The number of nitrogens with two attached hydrogens (primary N) is 2. The van der Waals surface area contributed by atoms with Gasteiger partial charge in [0.25, 0.3) is 0 Å². The standard InChI is InChI=1S/C5H12N4/c1-8-3-2-4(3)9-5(6)7/h3-4,8H,2H2,1H3,(H4,6,7,9). The normalized spacial score (nSPS) is 31.7. The Kier molecular flexibility index (Phi) is 1.57. The predicted octanol–water partition coefficient (Wildman–Crippen LogP) is -1.38. The highest BCUT2D eigenvalue weighted by atomic mass is 15.1. The molecule has 1 rings (SSSR count). The molecule has 0 saturated heterocycles. The molecule has 1 aliphatic carbocycles. The topological polar surface area (TPSA) is 76.4 Å². The monoisotopic (exact) mass is 128 g/mol. The number of aliphatic imine (C=N–C) groups is 1. The van der Waals surface area contributed by atoms with Gasteiger partial charge in [-0.1, -0.05) is 0 Å². The summed E-state index contributed by atoms with van der Waals surface area (Å²) in [5, 5.41) is 3.08. The van der Waals surface area contributed by atoms with Crippen LogP contribution >= 0.6 is 0 Å². The van der Waals surface area contributed by atoms with Crippen LogP contribution in [0.1, 0.15) is 6.42 Å². The Labute approximate surface area is 54.3 Å². The summed E-state index contributed by atoms with van der Waals surface area (Å²) in [6, 6.07) is 0.840. The molecule has 0 aromatic rings. The number of likely N-dealkylation sites (N-methyl/N-ethyl adjacent to an activating group) is 1. The Morgan fingerprint density at radius 1 is 1.67 bits per heavy atom. The van der Waals surface area contributed by atoms with Gasteiger partial charge in [0.1, 0.15) is 0 Å². The van der Waals surface area contributed by atoms with Crippen molar-refractivity contribution in [3.05, 3.63) is 0 Å². The molecule has 4 nitrogen and oxygen atoms in total. The minimum absolute atomic E-state index is 0.192. The molecule has 0 spiro atoms. The van der Waals surface area contributed by atoms with Crippen molar-refractivity contribution in [2.75, 3.05) is 7.05 Å². The molecular formula is C5H12N4. The molecule has 1 fully saturated rings. The van der Waals surface area contributed by atoms with E-state index in [0.717, 1.165) is 6.42 Å². The van der Waals surface area contributed by atoms with E-state index in [0.29, 0.717) is 12.1 Å². The quantitative estimate of drug-likeness (QED) is 0.317. The Bertz CT molecular complexity index is 127. The Morgan fingerprint density at radius 2 is 2.33 bits per heavy atom. The first-order valence-corrected chi connectivity index (χ1v) is 3.00. The van der Waals surface area contributed by atoms with Gasteiger partial charge in [0.2, 0.25) is 0 Å². The molecule has 52 valence electrons. The molecule has 2 unspecified atom stereocenters. The summed E-state index contributed by atoms with van der Waals surface area (Å²) in [6.07, 6.45) is 1.06. The smallest absolute Gasteiger partial charge is 0.186 e. The molecule has 0 amide bonds. The second-order valence-corrected chi connectivity index (χ2v) is 2.25. The molecule has 9 heavy (non-hydrogen) atoms. The average Bonchev–Trinajstić information content (AvgIpc) is 2.45. The van der Waals surface area contributed by atoms with E-state index >= 15 is 0 Å². The number of hydrogen-bond acceptors (Lipinski definition) is 2. The number of hydrogen-bond donors (Lipinski definition) is 3. The molecule has 0 bridgehead atoms. The van der Waals surface area contributed by atoms with E-state index in [1.54, 1.807) is 0 Å². The minimum Gasteiger partial charge on any atom is -0.370 e. The minimum atomic E-state index is 0.192. The zero-order valence-electron chi connectivity index (χ0n) is 5.46. The number of guanidine groups is 1. The summed E-state index contributed by atoms with van der Waals surface area (Å²) in [5.41, 5.74) is 10.3. The zero-order chi connectivity index (χ0) is 6.85. The predicted molar refractivity (Wildman–Crippen MR) is 37.1 cm³/mol. The van der Waals surface area contributed by atoms with Gasteiger partial charge in [-0.05, 0) is 13.5 Å². The van der Waals surface area contributed by atoms with Crippen molar-refractivity contribution in [1.82, 2.24) is 5.32 Å². The Hall–Kier alpha value is -0.770. The summed E-state index contributed by atoms with van der Waals surface area (Å²) in [7, 11) is 1.91. The molecule has 4 heteroatoms. The van der Waals surface area contributed by atoms with E-state index in [2.05, 4.69) is 10.3 Å². The van der Waals surface area contributed by atoms with Gasteiger partial charge in [-0.25, -0.2) is 4.99 Å². The summed E-state index contributed by atoms with van der Waals surface area (Å²) in [5.74, 6) is 0.192. The second-order valence-electron chi connectivity index (χ2n) is 2.25. The van der Waals surface area contributed by atoms with Crippen LogP contribution in [-0.4, -0.2) is 25.1 Å². The fraction of sp³-hybridized carbons (Fsp3) is 0.800. The van der Waals surface area contributed by atoms with Crippen molar-refractivity contribution >= 4 is 5.96 Å². The van der Waals surface area contributed by atoms with Crippen LogP contribution in [0.25, 0.3) is 0 Å². The molecular weight excluding hydrogens is 116 g/mol. The molecule has 2 atom stereocenters. The Morgan fingerprint density at radius 3 is 2.67 bits per heavy atom. The molecule has 5 N–H and O–H groups in total. The number of nitrogens with zero attached hydrogens (tertiary/aromatic N) is 1. The molecule has 1 saturated carbocycles. The molecule has 0 heterocycles. The van der Waals surface area contributed by atoms with E-state index in [-0.39, 0.29) is 5.96 Å². The molecule has 1 aliphatic rings. The van der Waals surface area contributed by atoms with Gasteiger partial charge in [-0.3, -0.25) is 0 Å². The summed E-state index contributed by atoms with van der Waals surface area (Å²) < 4.78 is 0. The lowest BCUT2D eigenvalue weighted by Gasteiger charge is -1.91. The van der Waals surface area contributed by atoms with Crippen LogP contribution in [0.15, 0.2) is 4.99 Å². The first-order chi connectivity index (χ1) is 4.24. The van der Waals surface area contributed by atoms with Crippen LogP contribution < -0.4 is 16.8 Å². The van der Waals surface area contributed by atoms with Crippen molar-refractivity contribution in [3.8, 4) is 0 Å². The maximum Gasteiger partial charge on any atom is 0.186 e. The number of rotatable bonds is 2. The van der Waals surface area contributed by atoms with E-state index in [4.69, 9.17) is 11.5 Å². The first-order valence-electron chi connectivity index (χ1n) is 3.00. The molecule has 0 aliphatic heterocycles. The van der Waals surface area contributed by atoms with Gasteiger partial charge in [-0.2, -0.15) is 0 Å². The SMILES string of the molecule is CNC1CC1N=C(N)N. The van der Waals surface area contributed by atoms with E-state index in [1.807, 2.05) is 7.05 Å². The van der Waals surface area contributed by atoms with E-state index in [1.165, 1.54) is 0 Å². The van der Waals surface area contributed by atoms with Crippen molar-refractivity contribution in [2.45, 2.75) is 18.5 Å². The van der Waals surface area contributed by atoms with Crippen LogP contribution in [-0.2, 0) is 0 Å². The van der Waals surface area contributed by atoms with Crippen molar-refractivity contribution in [3.63, 3.8) is 0 Å². The lowest BCUT2D eigenvalue weighted by atomic mass is 10.6. The van der Waals surface area contributed by atoms with Gasteiger partial charge < -0.3 is 16.8 Å². The van der Waals surface area contributed by atoms with E-state index in [9.17, 15) is 0 Å². The average molecular weight is 128 g/mol. The van der Waals surface area contributed by atoms with Gasteiger partial charge >= 0.3 is 0 Å². The molecule has 0 aromatic carbocycles. The van der Waals surface area contributed by atoms with Crippen LogP contribution in [0.2, 0.25) is 0 Å². The van der Waals surface area contributed by atoms with Gasteiger partial charge in [0, 0.05) is 6.04 Å². The first kappa shape index (κ1) is 6.35. The zero-order valence-corrected chi connectivity index (χ0v) is 5.46. The van der Waals surface area contributed by atoms with Gasteiger partial charge in [0.15, 0.2) is 5.96 Å². The molecule has 0 radical (unpaired) electrons. The van der Waals surface area contributed by atoms with Crippen molar-refractivity contribution in [2.24, 2.45) is 16.5 Å². The van der Waals surface area contributed by atoms with Gasteiger partial charge in [0.05, 0.1) is 6.04 Å². The lowest BCUT2D eigenvalue weighted by Crippen LogP contribution is -2.24. The van der Waals surface area contributed by atoms with Crippen LogP contribution in [0, 0.1) is 0 Å². The lowest BCUT2D eigenvalue weighted by molar-refractivity contribution is 0.777. The molecule has 0 aromatic heterocycles. The van der Waals surface area contributed by atoms with Crippen LogP contribution in [0.4, 0.5) is 0 Å². The van der Waals surface area contributed by atoms with Crippen molar-refractivity contribution in [1.29, 1.82) is 0 Å².